The number of alkyl halides is 3. The first-order chi connectivity index (χ1) is 11.8. The molecule has 3 rings (SSSR count). The lowest BCUT2D eigenvalue weighted by molar-refractivity contribution is -0.385. The minimum Gasteiger partial charge on any atom is -0.457 e. The van der Waals surface area contributed by atoms with E-state index in [2.05, 4.69) is 0 Å². The van der Waals surface area contributed by atoms with Gasteiger partial charge in [0.15, 0.2) is 6.29 Å². The molecule has 0 saturated carbocycles. The molecule has 1 aliphatic heterocycles. The first-order valence-electron chi connectivity index (χ1n) is 7.21. The molecule has 0 unspecified atom stereocenters. The lowest BCUT2D eigenvalue weighted by Gasteiger charge is -2.15. The van der Waals surface area contributed by atoms with Crippen LogP contribution in [0.3, 0.4) is 0 Å². The third-order valence-corrected chi connectivity index (χ3v) is 3.49. The molecule has 1 fully saturated rings. The number of halogens is 3. The quantitative estimate of drug-likeness (QED) is 0.598. The van der Waals surface area contributed by atoms with Crippen molar-refractivity contribution in [1.29, 1.82) is 0 Å². The maximum absolute atomic E-state index is 12.6. The van der Waals surface area contributed by atoms with E-state index in [1.54, 1.807) is 0 Å². The minimum absolute atomic E-state index is 0.154. The van der Waals surface area contributed by atoms with E-state index in [0.29, 0.717) is 18.8 Å². The summed E-state index contributed by atoms with van der Waals surface area (Å²) < 4.78 is 54.1. The van der Waals surface area contributed by atoms with Crippen LogP contribution in [0.1, 0.15) is 17.4 Å². The standard InChI is InChI=1S/C16H12F3NO5/c17-16(18,19)10-1-4-12(5-2-10)25-14-6-3-11(20(21)22)9-13(14)15-23-7-8-24-15/h1-6,9,15H,7-8H2. The summed E-state index contributed by atoms with van der Waals surface area (Å²) >= 11 is 0. The minimum atomic E-state index is -4.44. The number of nitrogens with zero attached hydrogens (tertiary/aromatic N) is 1. The number of non-ortho nitro benzene ring substituents is 1. The van der Waals surface area contributed by atoms with Crippen LogP contribution in [0, 0.1) is 10.1 Å². The second-order valence-electron chi connectivity index (χ2n) is 5.18. The molecule has 1 saturated heterocycles. The van der Waals surface area contributed by atoms with Crippen LogP contribution in [0.5, 0.6) is 11.5 Å². The van der Waals surface area contributed by atoms with E-state index < -0.39 is 23.0 Å². The molecule has 0 spiro atoms. The summed E-state index contributed by atoms with van der Waals surface area (Å²) in [6.07, 6.45) is -5.27. The second kappa shape index (κ2) is 6.69. The number of hydrogen-bond donors (Lipinski definition) is 0. The van der Waals surface area contributed by atoms with Crippen LogP contribution >= 0.6 is 0 Å². The molecule has 0 amide bonds. The van der Waals surface area contributed by atoms with Crippen molar-refractivity contribution in [2.24, 2.45) is 0 Å². The number of hydrogen-bond acceptors (Lipinski definition) is 5. The van der Waals surface area contributed by atoms with Crippen LogP contribution in [0.15, 0.2) is 42.5 Å². The van der Waals surface area contributed by atoms with Gasteiger partial charge in [-0.05, 0) is 30.3 Å². The number of benzene rings is 2. The average molecular weight is 355 g/mol. The molecule has 6 nitrogen and oxygen atoms in total. The fourth-order valence-corrected chi connectivity index (χ4v) is 2.30. The van der Waals surface area contributed by atoms with Gasteiger partial charge in [-0.3, -0.25) is 10.1 Å². The maximum Gasteiger partial charge on any atom is 0.416 e. The van der Waals surface area contributed by atoms with Crippen molar-refractivity contribution in [2.75, 3.05) is 13.2 Å². The molecule has 0 aliphatic carbocycles. The molecule has 2 aromatic rings. The third-order valence-electron chi connectivity index (χ3n) is 3.49. The Morgan fingerprint density at radius 3 is 2.28 bits per heavy atom. The summed E-state index contributed by atoms with van der Waals surface area (Å²) in [5.74, 6) is 0.360. The highest BCUT2D eigenvalue weighted by molar-refractivity contribution is 5.46. The Kier molecular flexibility index (Phi) is 4.60. The summed E-state index contributed by atoms with van der Waals surface area (Å²) in [5.41, 5.74) is -0.674. The zero-order chi connectivity index (χ0) is 18.0. The SMILES string of the molecule is O=[N+]([O-])c1ccc(Oc2ccc(C(F)(F)F)cc2)c(C2OCCO2)c1. The highest BCUT2D eigenvalue weighted by Gasteiger charge is 2.30. The predicted octanol–water partition coefficient (Wildman–Crippen LogP) is 4.45. The van der Waals surface area contributed by atoms with Crippen molar-refractivity contribution < 1.29 is 32.3 Å². The third kappa shape index (κ3) is 3.89. The van der Waals surface area contributed by atoms with Crippen molar-refractivity contribution in [1.82, 2.24) is 0 Å². The van der Waals surface area contributed by atoms with Gasteiger partial charge in [0.05, 0.1) is 29.3 Å². The van der Waals surface area contributed by atoms with E-state index >= 15 is 0 Å². The van der Waals surface area contributed by atoms with Crippen LogP contribution in [0.25, 0.3) is 0 Å². The van der Waals surface area contributed by atoms with Gasteiger partial charge in [0.2, 0.25) is 0 Å². The lowest BCUT2D eigenvalue weighted by Crippen LogP contribution is -2.04. The van der Waals surface area contributed by atoms with Crippen LogP contribution < -0.4 is 4.74 Å². The molecule has 0 radical (unpaired) electrons. The van der Waals surface area contributed by atoms with Gasteiger partial charge in [-0.25, -0.2) is 0 Å². The van der Waals surface area contributed by atoms with Crippen LogP contribution in [0.2, 0.25) is 0 Å². The van der Waals surface area contributed by atoms with Crippen LogP contribution in [0.4, 0.5) is 18.9 Å². The second-order valence-corrected chi connectivity index (χ2v) is 5.18. The van der Waals surface area contributed by atoms with E-state index in [1.807, 2.05) is 0 Å². The molecule has 0 aromatic heterocycles. The summed E-state index contributed by atoms with van der Waals surface area (Å²) in [6.45, 7) is 0.653. The number of nitro groups is 1. The van der Waals surface area contributed by atoms with Gasteiger partial charge in [0.1, 0.15) is 11.5 Å². The summed E-state index contributed by atoms with van der Waals surface area (Å²) in [7, 11) is 0. The van der Waals surface area contributed by atoms with Crippen molar-refractivity contribution in [3.63, 3.8) is 0 Å². The van der Waals surface area contributed by atoms with Gasteiger partial charge >= 0.3 is 6.18 Å². The van der Waals surface area contributed by atoms with Gasteiger partial charge in [-0.2, -0.15) is 13.2 Å². The Morgan fingerprint density at radius 1 is 1.08 bits per heavy atom. The Hall–Kier alpha value is -2.65. The van der Waals surface area contributed by atoms with Crippen molar-refractivity contribution >= 4 is 5.69 Å². The molecular formula is C16H12F3NO5. The zero-order valence-corrected chi connectivity index (χ0v) is 12.7. The van der Waals surface area contributed by atoms with Gasteiger partial charge in [0.25, 0.3) is 5.69 Å². The van der Waals surface area contributed by atoms with Gasteiger partial charge in [-0.1, -0.05) is 0 Å². The maximum atomic E-state index is 12.6. The van der Waals surface area contributed by atoms with Gasteiger partial charge < -0.3 is 14.2 Å². The molecular weight excluding hydrogens is 343 g/mol. The number of rotatable bonds is 4. The van der Waals surface area contributed by atoms with E-state index in [4.69, 9.17) is 14.2 Å². The molecule has 1 aliphatic rings. The Bertz CT molecular complexity index is 770. The number of nitro benzene ring substituents is 1. The van der Waals surface area contributed by atoms with Crippen LogP contribution in [-0.2, 0) is 15.7 Å². The Balaban J connectivity index is 1.89. The number of ether oxygens (including phenoxy) is 3. The monoisotopic (exact) mass is 355 g/mol. The van der Waals surface area contributed by atoms with Gasteiger partial charge in [-0.15, -0.1) is 0 Å². The van der Waals surface area contributed by atoms with Crippen molar-refractivity contribution in [3.05, 3.63) is 63.7 Å². The van der Waals surface area contributed by atoms with E-state index in [0.717, 1.165) is 12.1 Å². The molecule has 0 N–H and O–H groups in total. The van der Waals surface area contributed by atoms with E-state index in [1.165, 1.54) is 30.3 Å². The smallest absolute Gasteiger partial charge is 0.416 e. The average Bonchev–Trinajstić information content (AvgIpc) is 3.09. The zero-order valence-electron chi connectivity index (χ0n) is 12.7. The predicted molar refractivity (Wildman–Crippen MR) is 79.3 cm³/mol. The molecule has 9 heteroatoms. The molecule has 1 heterocycles. The fraction of sp³-hybridized carbons (Fsp3) is 0.250. The summed E-state index contributed by atoms with van der Waals surface area (Å²) in [5, 5.41) is 10.9. The molecule has 25 heavy (non-hydrogen) atoms. The molecule has 0 atom stereocenters. The highest BCUT2D eigenvalue weighted by Crippen LogP contribution is 2.37. The molecule has 0 bridgehead atoms. The summed E-state index contributed by atoms with van der Waals surface area (Å²) in [6, 6.07) is 7.98. The molecule has 132 valence electrons. The topological polar surface area (TPSA) is 70.8 Å². The Morgan fingerprint density at radius 2 is 1.72 bits per heavy atom. The lowest BCUT2D eigenvalue weighted by atomic mass is 10.1. The van der Waals surface area contributed by atoms with E-state index in [9.17, 15) is 23.3 Å². The highest BCUT2D eigenvalue weighted by atomic mass is 19.4. The first-order valence-corrected chi connectivity index (χ1v) is 7.21. The fourth-order valence-electron chi connectivity index (χ4n) is 2.30. The van der Waals surface area contributed by atoms with Crippen molar-refractivity contribution in [3.8, 4) is 11.5 Å². The Labute approximate surface area is 139 Å². The van der Waals surface area contributed by atoms with E-state index in [-0.39, 0.29) is 17.2 Å². The van der Waals surface area contributed by atoms with Gasteiger partial charge in [0, 0.05) is 12.1 Å². The summed E-state index contributed by atoms with van der Waals surface area (Å²) in [4.78, 5) is 10.4. The van der Waals surface area contributed by atoms with Crippen molar-refractivity contribution in [2.45, 2.75) is 12.5 Å². The normalized spacial score (nSPS) is 15.3. The molecule has 2 aromatic carbocycles. The first kappa shape index (κ1) is 17.2. The van der Waals surface area contributed by atoms with Crippen LogP contribution in [-0.4, -0.2) is 18.1 Å². The largest absolute Gasteiger partial charge is 0.457 e.